The van der Waals surface area contributed by atoms with Crippen molar-refractivity contribution < 1.29 is 9.53 Å². The van der Waals surface area contributed by atoms with Crippen LogP contribution in [0.3, 0.4) is 0 Å². The Hall–Kier alpha value is -1.08. The highest BCUT2D eigenvalue weighted by Crippen LogP contribution is 2.23. The van der Waals surface area contributed by atoms with E-state index in [1.165, 1.54) is 0 Å². The molecule has 2 rings (SSSR count). The second-order valence-electron chi connectivity index (χ2n) is 4.60. The van der Waals surface area contributed by atoms with Crippen molar-refractivity contribution in [3.05, 3.63) is 18.3 Å². The predicted octanol–water partition coefficient (Wildman–Crippen LogP) is 1.30. The highest BCUT2D eigenvalue weighted by atomic mass is 35.5. The monoisotopic (exact) mass is 336 g/mol. The van der Waals surface area contributed by atoms with Gasteiger partial charge in [-0.2, -0.15) is 0 Å². The van der Waals surface area contributed by atoms with E-state index in [1.54, 1.807) is 13.1 Å². The number of nitrogens with one attached hydrogen (secondary N) is 1. The van der Waals surface area contributed by atoms with Crippen LogP contribution >= 0.6 is 24.8 Å². The molecule has 1 unspecified atom stereocenters. The average molecular weight is 337 g/mol. The Morgan fingerprint density at radius 1 is 1.48 bits per heavy atom. The first-order valence-corrected chi connectivity index (χ1v) is 6.51. The van der Waals surface area contributed by atoms with Crippen LogP contribution in [-0.4, -0.2) is 43.7 Å². The summed E-state index contributed by atoms with van der Waals surface area (Å²) in [4.78, 5) is 18.4. The fourth-order valence-electron chi connectivity index (χ4n) is 1.88. The zero-order valence-electron chi connectivity index (χ0n) is 11.9. The molecule has 1 fully saturated rings. The fraction of sp³-hybridized carbons (Fsp3) is 0.538. The van der Waals surface area contributed by atoms with Crippen molar-refractivity contribution in [2.24, 2.45) is 11.7 Å². The Kier molecular flexibility index (Phi) is 9.28. The van der Waals surface area contributed by atoms with Crippen LogP contribution in [0.1, 0.15) is 6.92 Å². The number of nitrogens with zero attached hydrogens (tertiary/aromatic N) is 2. The molecule has 120 valence electrons. The highest BCUT2D eigenvalue weighted by Gasteiger charge is 2.18. The average Bonchev–Trinajstić information content (AvgIpc) is 2.47. The van der Waals surface area contributed by atoms with E-state index >= 15 is 0 Å². The minimum Gasteiger partial charge on any atom is -0.378 e. The maximum atomic E-state index is 11.9. The molecule has 0 bridgehead atoms. The summed E-state index contributed by atoms with van der Waals surface area (Å²) in [6.07, 6.45) is 1.73. The van der Waals surface area contributed by atoms with Gasteiger partial charge >= 0.3 is 0 Å². The third kappa shape index (κ3) is 5.32. The van der Waals surface area contributed by atoms with E-state index in [1.807, 2.05) is 12.1 Å². The van der Waals surface area contributed by atoms with Gasteiger partial charge in [-0.3, -0.25) is 4.79 Å². The third-order valence-corrected chi connectivity index (χ3v) is 3.16. The van der Waals surface area contributed by atoms with Gasteiger partial charge in [0.1, 0.15) is 0 Å². The minimum atomic E-state index is -0.210. The van der Waals surface area contributed by atoms with Gasteiger partial charge in [0, 0.05) is 31.7 Å². The molecule has 1 aromatic rings. The lowest BCUT2D eigenvalue weighted by Crippen LogP contribution is -2.37. The molecule has 0 radical (unpaired) electrons. The maximum Gasteiger partial charge on any atom is 0.228 e. The van der Waals surface area contributed by atoms with Gasteiger partial charge in [-0.25, -0.2) is 4.98 Å². The molecule has 6 nitrogen and oxygen atoms in total. The number of nitrogens with two attached hydrogens (primary N) is 1. The van der Waals surface area contributed by atoms with Gasteiger partial charge in [0.2, 0.25) is 5.91 Å². The highest BCUT2D eigenvalue weighted by molar-refractivity contribution is 5.95. The first-order valence-electron chi connectivity index (χ1n) is 6.51. The lowest BCUT2D eigenvalue weighted by atomic mass is 10.1. The molecule has 0 aromatic carbocycles. The van der Waals surface area contributed by atoms with E-state index in [9.17, 15) is 4.79 Å². The van der Waals surface area contributed by atoms with E-state index < -0.39 is 0 Å². The van der Waals surface area contributed by atoms with Crippen LogP contribution in [0, 0.1) is 5.92 Å². The molecular weight excluding hydrogens is 315 g/mol. The zero-order valence-corrected chi connectivity index (χ0v) is 13.6. The van der Waals surface area contributed by atoms with Crippen LogP contribution in [-0.2, 0) is 9.53 Å². The van der Waals surface area contributed by atoms with Crippen molar-refractivity contribution in [2.75, 3.05) is 43.1 Å². The van der Waals surface area contributed by atoms with Gasteiger partial charge in [0.05, 0.1) is 18.9 Å². The molecule has 0 saturated carbocycles. The molecule has 1 aromatic heterocycles. The van der Waals surface area contributed by atoms with Crippen LogP contribution in [0.4, 0.5) is 11.5 Å². The molecule has 8 heteroatoms. The Balaban J connectivity index is 0.00000200. The lowest BCUT2D eigenvalue weighted by molar-refractivity contribution is -0.119. The minimum absolute atomic E-state index is 0. The van der Waals surface area contributed by atoms with Crippen LogP contribution in [0.2, 0.25) is 0 Å². The topological polar surface area (TPSA) is 80.5 Å². The van der Waals surface area contributed by atoms with Gasteiger partial charge < -0.3 is 20.7 Å². The molecule has 0 aliphatic carbocycles. The number of morpholine rings is 1. The molecule has 0 spiro atoms. The van der Waals surface area contributed by atoms with Gasteiger partial charge in [-0.05, 0) is 12.1 Å². The third-order valence-electron chi connectivity index (χ3n) is 3.16. The summed E-state index contributed by atoms with van der Waals surface area (Å²) in [5.74, 6) is 0.506. The first kappa shape index (κ1) is 19.9. The summed E-state index contributed by atoms with van der Waals surface area (Å²) < 4.78 is 5.32. The number of hydrogen-bond donors (Lipinski definition) is 2. The fourth-order valence-corrected chi connectivity index (χ4v) is 1.88. The Bertz CT molecular complexity index is 442. The van der Waals surface area contributed by atoms with Gasteiger partial charge in [0.25, 0.3) is 0 Å². The van der Waals surface area contributed by atoms with E-state index in [-0.39, 0.29) is 36.6 Å². The van der Waals surface area contributed by atoms with Crippen molar-refractivity contribution in [1.82, 2.24) is 4.98 Å². The summed E-state index contributed by atoms with van der Waals surface area (Å²) in [7, 11) is 0. The van der Waals surface area contributed by atoms with E-state index in [2.05, 4.69) is 15.2 Å². The molecule has 2 heterocycles. The van der Waals surface area contributed by atoms with Crippen LogP contribution in [0.25, 0.3) is 0 Å². The number of halogens is 2. The van der Waals surface area contributed by atoms with Crippen LogP contribution < -0.4 is 16.0 Å². The summed E-state index contributed by atoms with van der Waals surface area (Å²) in [6.45, 7) is 5.07. The largest absolute Gasteiger partial charge is 0.378 e. The number of amides is 1. The Morgan fingerprint density at radius 3 is 2.76 bits per heavy atom. The number of rotatable bonds is 4. The predicted molar refractivity (Wildman–Crippen MR) is 88.6 cm³/mol. The normalized spacial score (nSPS) is 15.4. The molecule has 1 amide bonds. The lowest BCUT2D eigenvalue weighted by Gasteiger charge is -2.29. The molecular formula is C13H22Cl2N4O2. The first-order chi connectivity index (χ1) is 9.22. The zero-order chi connectivity index (χ0) is 13.7. The van der Waals surface area contributed by atoms with E-state index in [0.717, 1.165) is 24.6 Å². The quantitative estimate of drug-likeness (QED) is 0.866. The summed E-state index contributed by atoms with van der Waals surface area (Å²) in [6, 6.07) is 3.67. The Morgan fingerprint density at radius 2 is 2.14 bits per heavy atom. The second kappa shape index (κ2) is 9.78. The molecule has 3 N–H and O–H groups in total. The number of ether oxygens (including phenoxy) is 1. The van der Waals surface area contributed by atoms with Gasteiger partial charge in [0.15, 0.2) is 5.82 Å². The van der Waals surface area contributed by atoms with Crippen molar-refractivity contribution in [2.45, 2.75) is 6.92 Å². The van der Waals surface area contributed by atoms with Crippen molar-refractivity contribution in [3.8, 4) is 0 Å². The number of aromatic nitrogens is 1. The molecule has 1 saturated heterocycles. The molecule has 1 atom stereocenters. The number of carbonyl (C=O) groups excluding carboxylic acids is 1. The smallest absolute Gasteiger partial charge is 0.228 e. The number of hydrogen-bond acceptors (Lipinski definition) is 5. The van der Waals surface area contributed by atoms with E-state index in [4.69, 9.17) is 10.5 Å². The molecule has 21 heavy (non-hydrogen) atoms. The van der Waals surface area contributed by atoms with Crippen molar-refractivity contribution in [1.29, 1.82) is 0 Å². The van der Waals surface area contributed by atoms with Crippen LogP contribution in [0.5, 0.6) is 0 Å². The van der Waals surface area contributed by atoms with Gasteiger partial charge in [-0.15, -0.1) is 24.8 Å². The molecule has 1 aliphatic heterocycles. The van der Waals surface area contributed by atoms with Gasteiger partial charge in [-0.1, -0.05) is 6.92 Å². The maximum absolute atomic E-state index is 11.9. The second-order valence-corrected chi connectivity index (χ2v) is 4.60. The van der Waals surface area contributed by atoms with E-state index in [0.29, 0.717) is 19.8 Å². The number of pyridine rings is 1. The summed E-state index contributed by atoms with van der Waals surface area (Å²) in [5, 5.41) is 2.89. The van der Waals surface area contributed by atoms with Crippen LogP contribution in [0.15, 0.2) is 18.3 Å². The van der Waals surface area contributed by atoms with Crippen molar-refractivity contribution in [3.63, 3.8) is 0 Å². The summed E-state index contributed by atoms with van der Waals surface area (Å²) in [5.41, 5.74) is 6.24. The standard InChI is InChI=1S/C13H20N4O2.2ClH/c1-10(9-14)13(18)16-11-3-2-4-15-12(11)17-5-7-19-8-6-17;;/h2-4,10H,5-9,14H2,1H3,(H,16,18);2*1H. The Labute approximate surface area is 137 Å². The SMILES string of the molecule is CC(CN)C(=O)Nc1cccnc1N1CCOCC1.Cl.Cl. The number of anilines is 2. The summed E-state index contributed by atoms with van der Waals surface area (Å²) >= 11 is 0. The molecule has 1 aliphatic rings. The van der Waals surface area contributed by atoms with Crippen molar-refractivity contribution >= 4 is 42.2 Å². The number of carbonyl (C=O) groups is 1.